The van der Waals surface area contributed by atoms with E-state index in [0.29, 0.717) is 6.47 Å². The molecule has 1 aliphatic rings. The third-order valence-corrected chi connectivity index (χ3v) is 1.07. The Morgan fingerprint density at radius 3 is 1.80 bits per heavy atom. The summed E-state index contributed by atoms with van der Waals surface area (Å²) in [6.07, 6.45) is 2.65. The van der Waals surface area contributed by atoms with Gasteiger partial charge in [-0.05, 0) is 12.8 Å². The fourth-order valence-electron chi connectivity index (χ4n) is 0.604. The lowest BCUT2D eigenvalue weighted by Gasteiger charge is -2.10. The van der Waals surface area contributed by atoms with Crippen molar-refractivity contribution in [3.05, 3.63) is 0 Å². The van der Waals surface area contributed by atoms with Crippen molar-refractivity contribution < 1.29 is 9.53 Å². The topological polar surface area (TPSA) is 50.4 Å². The zero-order valence-corrected chi connectivity index (χ0v) is 6.22. The molecule has 2 N–H and O–H groups in total. The standard InChI is InChI=1S/C4H10N2.C2H4O2/c1-2-4-6-5-3-1;1-4-2-3/h5-6H,1-4H2;2H,1H3. The van der Waals surface area contributed by atoms with Crippen molar-refractivity contribution in [1.29, 1.82) is 0 Å². The number of methoxy groups -OCH3 is 1. The third kappa shape index (κ3) is 7.39. The van der Waals surface area contributed by atoms with Gasteiger partial charge < -0.3 is 4.74 Å². The van der Waals surface area contributed by atoms with Gasteiger partial charge in [-0.2, -0.15) is 0 Å². The second-order valence-corrected chi connectivity index (χ2v) is 1.89. The molecule has 0 aromatic heterocycles. The minimum atomic E-state index is 0.375. The van der Waals surface area contributed by atoms with Crippen LogP contribution in [0, 0.1) is 0 Å². The van der Waals surface area contributed by atoms with E-state index in [9.17, 15) is 0 Å². The van der Waals surface area contributed by atoms with E-state index < -0.39 is 0 Å². The molecule has 1 saturated heterocycles. The van der Waals surface area contributed by atoms with Gasteiger partial charge in [0.1, 0.15) is 0 Å². The van der Waals surface area contributed by atoms with Crippen molar-refractivity contribution in [2.45, 2.75) is 12.8 Å². The maximum absolute atomic E-state index is 8.95. The zero-order chi connectivity index (χ0) is 7.66. The van der Waals surface area contributed by atoms with Crippen LogP contribution < -0.4 is 10.9 Å². The molecule has 0 unspecified atom stereocenters. The lowest BCUT2D eigenvalue weighted by molar-refractivity contribution is -0.126. The molecule has 0 aromatic rings. The largest absolute Gasteiger partial charge is 0.471 e. The van der Waals surface area contributed by atoms with E-state index in [2.05, 4.69) is 15.6 Å². The smallest absolute Gasteiger partial charge is 0.292 e. The van der Waals surface area contributed by atoms with E-state index in [1.807, 2.05) is 0 Å². The highest BCUT2D eigenvalue weighted by Crippen LogP contribution is 1.85. The van der Waals surface area contributed by atoms with Crippen molar-refractivity contribution in [3.8, 4) is 0 Å². The monoisotopic (exact) mass is 146 g/mol. The molecule has 0 radical (unpaired) electrons. The average molecular weight is 146 g/mol. The molecule has 0 atom stereocenters. The third-order valence-electron chi connectivity index (χ3n) is 1.07. The highest BCUT2D eigenvalue weighted by Gasteiger charge is 1.92. The van der Waals surface area contributed by atoms with E-state index in [1.54, 1.807) is 0 Å². The Balaban J connectivity index is 0.000000180. The van der Waals surface area contributed by atoms with Crippen LogP contribution in [0.25, 0.3) is 0 Å². The molecule has 0 saturated carbocycles. The molecule has 1 rings (SSSR count). The van der Waals surface area contributed by atoms with Crippen molar-refractivity contribution >= 4 is 6.47 Å². The summed E-state index contributed by atoms with van der Waals surface area (Å²) in [4.78, 5) is 8.95. The van der Waals surface area contributed by atoms with E-state index in [-0.39, 0.29) is 0 Å². The van der Waals surface area contributed by atoms with Gasteiger partial charge in [0.25, 0.3) is 6.47 Å². The molecule has 10 heavy (non-hydrogen) atoms. The summed E-state index contributed by atoms with van der Waals surface area (Å²) in [5.41, 5.74) is 6.07. The summed E-state index contributed by atoms with van der Waals surface area (Å²) in [5.74, 6) is 0. The normalized spacial score (nSPS) is 16.5. The second kappa shape index (κ2) is 8.39. The number of ether oxygens (including phenoxy) is 1. The highest BCUT2D eigenvalue weighted by molar-refractivity contribution is 5.36. The second-order valence-electron chi connectivity index (χ2n) is 1.89. The summed E-state index contributed by atoms with van der Waals surface area (Å²) in [6, 6.07) is 0. The van der Waals surface area contributed by atoms with Crippen molar-refractivity contribution in [2.24, 2.45) is 0 Å². The first-order valence-electron chi connectivity index (χ1n) is 3.34. The average Bonchev–Trinajstić information content (AvgIpc) is 2.08. The van der Waals surface area contributed by atoms with Crippen LogP contribution >= 0.6 is 0 Å². The van der Waals surface area contributed by atoms with Crippen LogP contribution in [0.15, 0.2) is 0 Å². The summed E-state index contributed by atoms with van der Waals surface area (Å²) in [7, 11) is 1.31. The van der Waals surface area contributed by atoms with Crippen LogP contribution in [0.2, 0.25) is 0 Å². The first-order valence-corrected chi connectivity index (χ1v) is 3.34. The SMILES string of the molecule is C1CCNNC1.COC=O. The summed E-state index contributed by atoms with van der Waals surface area (Å²) in [6.45, 7) is 2.65. The van der Waals surface area contributed by atoms with Gasteiger partial charge in [0, 0.05) is 13.1 Å². The molecule has 0 aromatic carbocycles. The van der Waals surface area contributed by atoms with Crippen LogP contribution in [0.1, 0.15) is 12.8 Å². The number of hydrazine groups is 1. The first kappa shape index (κ1) is 9.39. The molecule has 1 heterocycles. The minimum absolute atomic E-state index is 0.375. The van der Waals surface area contributed by atoms with Crippen LogP contribution in [0.3, 0.4) is 0 Å². The number of carbonyl (C=O) groups excluding carboxylic acids is 1. The van der Waals surface area contributed by atoms with Gasteiger partial charge in [-0.3, -0.25) is 15.6 Å². The van der Waals surface area contributed by atoms with Crippen LogP contribution in [0.5, 0.6) is 0 Å². The van der Waals surface area contributed by atoms with E-state index in [4.69, 9.17) is 4.79 Å². The quantitative estimate of drug-likeness (QED) is 0.497. The predicted octanol–water partition coefficient (Wildman–Crippen LogP) is -0.336. The molecule has 4 nitrogen and oxygen atoms in total. The van der Waals surface area contributed by atoms with Gasteiger partial charge in [0.2, 0.25) is 0 Å². The molecule has 0 aliphatic carbocycles. The van der Waals surface area contributed by atoms with Crippen molar-refractivity contribution in [3.63, 3.8) is 0 Å². The molecule has 60 valence electrons. The first-order chi connectivity index (χ1) is 4.91. The van der Waals surface area contributed by atoms with Crippen LogP contribution in [0.4, 0.5) is 0 Å². The van der Waals surface area contributed by atoms with E-state index in [0.717, 1.165) is 13.1 Å². The van der Waals surface area contributed by atoms with Crippen LogP contribution in [-0.4, -0.2) is 26.7 Å². The Kier molecular flexibility index (Phi) is 7.88. The maximum atomic E-state index is 8.95. The Bertz CT molecular complexity index is 62.6. The molecular formula is C6H14N2O2. The van der Waals surface area contributed by atoms with Crippen molar-refractivity contribution in [2.75, 3.05) is 20.2 Å². The molecular weight excluding hydrogens is 132 g/mol. The van der Waals surface area contributed by atoms with Crippen LogP contribution in [-0.2, 0) is 9.53 Å². The van der Waals surface area contributed by atoms with Gasteiger partial charge in [-0.15, -0.1) is 0 Å². The maximum Gasteiger partial charge on any atom is 0.292 e. The number of hydrogen-bond donors (Lipinski definition) is 2. The fourth-order valence-corrected chi connectivity index (χ4v) is 0.604. The Morgan fingerprint density at radius 2 is 1.70 bits per heavy atom. The van der Waals surface area contributed by atoms with Gasteiger partial charge >= 0.3 is 0 Å². The molecule has 4 heteroatoms. The molecule has 0 bridgehead atoms. The summed E-state index contributed by atoms with van der Waals surface area (Å²) < 4.78 is 3.86. The highest BCUT2D eigenvalue weighted by atomic mass is 16.5. The molecule has 0 spiro atoms. The van der Waals surface area contributed by atoms with E-state index in [1.165, 1.54) is 20.0 Å². The fraction of sp³-hybridized carbons (Fsp3) is 0.833. The number of rotatable bonds is 1. The zero-order valence-electron chi connectivity index (χ0n) is 6.22. The number of nitrogens with one attached hydrogen (secondary N) is 2. The minimum Gasteiger partial charge on any atom is -0.471 e. The van der Waals surface area contributed by atoms with E-state index >= 15 is 0 Å². The Labute approximate surface area is 60.9 Å². The molecule has 0 amide bonds. The van der Waals surface area contributed by atoms with Gasteiger partial charge in [0.05, 0.1) is 7.11 Å². The lowest BCUT2D eigenvalue weighted by Crippen LogP contribution is -2.37. The summed E-state index contributed by atoms with van der Waals surface area (Å²) >= 11 is 0. The summed E-state index contributed by atoms with van der Waals surface area (Å²) in [5, 5.41) is 0. The van der Waals surface area contributed by atoms with Gasteiger partial charge in [-0.1, -0.05) is 0 Å². The predicted molar refractivity (Wildman–Crippen MR) is 38.3 cm³/mol. The van der Waals surface area contributed by atoms with Crippen molar-refractivity contribution in [1.82, 2.24) is 10.9 Å². The Hall–Kier alpha value is -0.610. The molecule has 1 aliphatic heterocycles. The van der Waals surface area contributed by atoms with Gasteiger partial charge in [-0.25, -0.2) is 0 Å². The number of carbonyl (C=O) groups is 1. The van der Waals surface area contributed by atoms with Gasteiger partial charge in [0.15, 0.2) is 0 Å². The Morgan fingerprint density at radius 1 is 1.30 bits per heavy atom. The number of hydrogen-bond acceptors (Lipinski definition) is 4. The molecule has 1 fully saturated rings. The lowest BCUT2D eigenvalue weighted by atomic mass is 10.3.